The first-order valence-corrected chi connectivity index (χ1v) is 8.29. The fourth-order valence-electron chi connectivity index (χ4n) is 2.29. The molecule has 0 aliphatic carbocycles. The van der Waals surface area contributed by atoms with Crippen molar-refractivity contribution in [2.75, 3.05) is 7.11 Å². The molecule has 0 aliphatic heterocycles. The molecule has 0 heterocycles. The molecule has 0 aliphatic rings. The lowest BCUT2D eigenvalue weighted by Crippen LogP contribution is -2.10. The van der Waals surface area contributed by atoms with Gasteiger partial charge in [0, 0.05) is 17.6 Å². The SMILES string of the molecule is COC(c1ccccc1)c1ccccc1CSC(C)(C)C. The zero-order chi connectivity index (χ0) is 15.3. The Bertz CT molecular complexity index is 557. The molecule has 0 radical (unpaired) electrons. The average molecular weight is 300 g/mol. The van der Waals surface area contributed by atoms with Crippen molar-refractivity contribution in [2.45, 2.75) is 37.4 Å². The van der Waals surface area contributed by atoms with E-state index >= 15 is 0 Å². The van der Waals surface area contributed by atoms with E-state index in [2.05, 4.69) is 69.3 Å². The van der Waals surface area contributed by atoms with Gasteiger partial charge in [-0.1, -0.05) is 75.4 Å². The third-order valence-electron chi connectivity index (χ3n) is 3.34. The van der Waals surface area contributed by atoms with Gasteiger partial charge in [0.2, 0.25) is 0 Å². The van der Waals surface area contributed by atoms with Crippen LogP contribution in [0.1, 0.15) is 43.6 Å². The molecule has 0 bridgehead atoms. The van der Waals surface area contributed by atoms with Gasteiger partial charge in [-0.2, -0.15) is 11.8 Å². The van der Waals surface area contributed by atoms with Crippen LogP contribution in [0.15, 0.2) is 54.6 Å². The predicted octanol–water partition coefficient (Wildman–Crippen LogP) is 5.45. The van der Waals surface area contributed by atoms with Gasteiger partial charge in [0.25, 0.3) is 0 Å². The number of thioether (sulfide) groups is 1. The second kappa shape index (κ2) is 7.15. The van der Waals surface area contributed by atoms with Gasteiger partial charge < -0.3 is 4.74 Å². The minimum absolute atomic E-state index is 0.00275. The van der Waals surface area contributed by atoms with E-state index in [1.54, 1.807) is 7.11 Å². The van der Waals surface area contributed by atoms with E-state index in [1.165, 1.54) is 16.7 Å². The molecule has 0 saturated carbocycles. The third-order valence-corrected chi connectivity index (χ3v) is 4.66. The van der Waals surface area contributed by atoms with E-state index in [4.69, 9.17) is 4.74 Å². The molecule has 1 unspecified atom stereocenters. The summed E-state index contributed by atoms with van der Waals surface area (Å²) in [5, 5.41) is 0. The van der Waals surface area contributed by atoms with Crippen molar-refractivity contribution >= 4 is 11.8 Å². The maximum absolute atomic E-state index is 5.79. The molecular weight excluding hydrogens is 276 g/mol. The second-order valence-electron chi connectivity index (χ2n) is 6.13. The lowest BCUT2D eigenvalue weighted by atomic mass is 9.97. The zero-order valence-electron chi connectivity index (χ0n) is 13.3. The summed E-state index contributed by atoms with van der Waals surface area (Å²) in [4.78, 5) is 0. The molecule has 2 heteroatoms. The number of methoxy groups -OCH3 is 1. The molecule has 1 nitrogen and oxygen atoms in total. The van der Waals surface area contributed by atoms with Crippen LogP contribution in [-0.2, 0) is 10.5 Å². The predicted molar refractivity (Wildman–Crippen MR) is 92.8 cm³/mol. The van der Waals surface area contributed by atoms with Gasteiger partial charge in [-0.3, -0.25) is 0 Å². The molecule has 2 aromatic rings. The van der Waals surface area contributed by atoms with Crippen molar-refractivity contribution < 1.29 is 4.74 Å². The van der Waals surface area contributed by atoms with Gasteiger partial charge in [-0.15, -0.1) is 0 Å². The Balaban J connectivity index is 2.29. The molecule has 0 amide bonds. The summed E-state index contributed by atoms with van der Waals surface area (Å²) < 4.78 is 6.05. The Hall–Kier alpha value is -1.25. The number of ether oxygens (including phenoxy) is 1. The van der Waals surface area contributed by atoms with Gasteiger partial charge in [-0.25, -0.2) is 0 Å². The average Bonchev–Trinajstić information content (AvgIpc) is 2.47. The molecule has 0 fully saturated rings. The second-order valence-corrected chi connectivity index (χ2v) is 7.93. The van der Waals surface area contributed by atoms with E-state index in [1.807, 2.05) is 17.8 Å². The maximum atomic E-state index is 5.79. The van der Waals surface area contributed by atoms with Gasteiger partial charge in [0.05, 0.1) is 0 Å². The molecule has 1 atom stereocenters. The van der Waals surface area contributed by atoms with Crippen molar-refractivity contribution in [3.63, 3.8) is 0 Å². The summed E-state index contributed by atoms with van der Waals surface area (Å²) in [7, 11) is 1.78. The topological polar surface area (TPSA) is 9.23 Å². The Kier molecular flexibility index (Phi) is 5.49. The van der Waals surface area contributed by atoms with Crippen LogP contribution in [0.3, 0.4) is 0 Å². The van der Waals surface area contributed by atoms with Crippen LogP contribution in [0.25, 0.3) is 0 Å². The highest BCUT2D eigenvalue weighted by Gasteiger charge is 2.18. The molecule has 0 spiro atoms. The number of hydrogen-bond acceptors (Lipinski definition) is 2. The number of hydrogen-bond donors (Lipinski definition) is 0. The van der Waals surface area contributed by atoms with Crippen molar-refractivity contribution in [3.05, 3.63) is 71.3 Å². The van der Waals surface area contributed by atoms with Gasteiger partial charge in [0.1, 0.15) is 6.10 Å². The minimum atomic E-state index is 0.00275. The highest BCUT2D eigenvalue weighted by Crippen LogP contribution is 2.33. The summed E-state index contributed by atoms with van der Waals surface area (Å²) in [6, 6.07) is 19.0. The number of rotatable bonds is 5. The first-order valence-electron chi connectivity index (χ1n) is 7.31. The highest BCUT2D eigenvalue weighted by molar-refractivity contribution is 7.99. The minimum Gasteiger partial charge on any atom is -0.372 e. The molecular formula is C19H24OS. The fraction of sp³-hybridized carbons (Fsp3) is 0.368. The highest BCUT2D eigenvalue weighted by atomic mass is 32.2. The van der Waals surface area contributed by atoms with E-state index in [0.29, 0.717) is 0 Å². The van der Waals surface area contributed by atoms with Gasteiger partial charge in [0.15, 0.2) is 0 Å². The summed E-state index contributed by atoms with van der Waals surface area (Å²) in [5.41, 5.74) is 3.82. The van der Waals surface area contributed by atoms with Crippen molar-refractivity contribution in [3.8, 4) is 0 Å². The molecule has 2 aromatic carbocycles. The summed E-state index contributed by atoms with van der Waals surface area (Å²) >= 11 is 1.97. The summed E-state index contributed by atoms with van der Waals surface area (Å²) in [6.45, 7) is 6.77. The lowest BCUT2D eigenvalue weighted by molar-refractivity contribution is 0.136. The molecule has 0 saturated heterocycles. The third kappa shape index (κ3) is 4.62. The quantitative estimate of drug-likeness (QED) is 0.725. The Morgan fingerprint density at radius 1 is 0.952 bits per heavy atom. The molecule has 0 N–H and O–H groups in total. The van der Waals surface area contributed by atoms with Crippen molar-refractivity contribution in [1.29, 1.82) is 0 Å². The monoisotopic (exact) mass is 300 g/mol. The van der Waals surface area contributed by atoms with Crippen LogP contribution in [-0.4, -0.2) is 11.9 Å². The molecule has 112 valence electrons. The summed E-state index contributed by atoms with van der Waals surface area (Å²) in [5.74, 6) is 1.01. The van der Waals surface area contributed by atoms with Crippen molar-refractivity contribution in [1.82, 2.24) is 0 Å². The van der Waals surface area contributed by atoms with Gasteiger partial charge >= 0.3 is 0 Å². The van der Waals surface area contributed by atoms with Crippen molar-refractivity contribution in [2.24, 2.45) is 0 Å². The van der Waals surface area contributed by atoms with E-state index in [0.717, 1.165) is 5.75 Å². The van der Waals surface area contributed by atoms with Crippen LogP contribution in [0.5, 0.6) is 0 Å². The van der Waals surface area contributed by atoms with E-state index < -0.39 is 0 Å². The maximum Gasteiger partial charge on any atom is 0.107 e. The molecule has 21 heavy (non-hydrogen) atoms. The first-order chi connectivity index (χ1) is 10.0. The van der Waals surface area contributed by atoms with Crippen LogP contribution in [0.4, 0.5) is 0 Å². The van der Waals surface area contributed by atoms with Crippen LogP contribution >= 0.6 is 11.8 Å². The summed E-state index contributed by atoms with van der Waals surface area (Å²) in [6.07, 6.45) is 0.00275. The van der Waals surface area contributed by atoms with E-state index in [-0.39, 0.29) is 10.9 Å². The fourth-order valence-corrected chi connectivity index (χ4v) is 3.14. The Morgan fingerprint density at radius 3 is 2.19 bits per heavy atom. The van der Waals surface area contributed by atoms with Crippen LogP contribution in [0.2, 0.25) is 0 Å². The van der Waals surface area contributed by atoms with Crippen LogP contribution in [0, 0.1) is 0 Å². The Morgan fingerprint density at radius 2 is 1.57 bits per heavy atom. The van der Waals surface area contributed by atoms with E-state index in [9.17, 15) is 0 Å². The standard InChI is InChI=1S/C19H24OS/c1-19(2,3)21-14-16-12-8-9-13-17(16)18(20-4)15-10-6-5-7-11-15/h5-13,18H,14H2,1-4H3. The lowest BCUT2D eigenvalue weighted by Gasteiger charge is -2.22. The molecule has 2 rings (SSSR count). The smallest absolute Gasteiger partial charge is 0.107 e. The normalized spacial score (nSPS) is 13.1. The zero-order valence-corrected chi connectivity index (χ0v) is 14.1. The molecule has 0 aromatic heterocycles. The first kappa shape index (κ1) is 16.1. The van der Waals surface area contributed by atoms with Crippen LogP contribution < -0.4 is 0 Å². The largest absolute Gasteiger partial charge is 0.372 e. The Labute approximate surface area is 132 Å². The number of benzene rings is 2. The van der Waals surface area contributed by atoms with Gasteiger partial charge in [-0.05, 0) is 16.7 Å².